The second-order valence-corrected chi connectivity index (χ2v) is 7.36. The van der Waals surface area contributed by atoms with Crippen LogP contribution >= 0.6 is 11.8 Å². The molecule has 1 N–H and O–H groups in total. The van der Waals surface area contributed by atoms with Crippen LogP contribution in [0.1, 0.15) is 30.9 Å². The van der Waals surface area contributed by atoms with Crippen molar-refractivity contribution in [3.63, 3.8) is 0 Å². The van der Waals surface area contributed by atoms with Gasteiger partial charge in [0.15, 0.2) is 11.0 Å². The lowest BCUT2D eigenvalue weighted by Crippen LogP contribution is -2.05. The van der Waals surface area contributed by atoms with Crippen LogP contribution in [0.15, 0.2) is 53.7 Å². The summed E-state index contributed by atoms with van der Waals surface area (Å²) in [5.74, 6) is 1.81. The summed E-state index contributed by atoms with van der Waals surface area (Å²) in [7, 11) is 0. The third-order valence-corrected chi connectivity index (χ3v) is 4.97. The average molecular weight is 353 g/mol. The molecule has 0 saturated carbocycles. The number of aliphatic hydroxyl groups excluding tert-OH is 1. The van der Waals surface area contributed by atoms with Crippen molar-refractivity contribution in [1.29, 1.82) is 0 Å². The SMILES string of the molecule is Cc1ccc(-c2nnc(SCCO)n2-c2ccccc2C(C)C)cc1. The monoisotopic (exact) mass is 353 g/mol. The van der Waals surface area contributed by atoms with Crippen molar-refractivity contribution >= 4 is 11.8 Å². The lowest BCUT2D eigenvalue weighted by atomic mass is 10.0. The highest BCUT2D eigenvalue weighted by Crippen LogP contribution is 2.32. The summed E-state index contributed by atoms with van der Waals surface area (Å²) in [6.07, 6.45) is 0. The zero-order valence-corrected chi connectivity index (χ0v) is 15.6. The summed E-state index contributed by atoms with van der Waals surface area (Å²) in [5, 5.41) is 18.9. The Hall–Kier alpha value is -2.11. The maximum atomic E-state index is 9.21. The van der Waals surface area contributed by atoms with Crippen LogP contribution in [0.3, 0.4) is 0 Å². The molecule has 0 unspecified atom stereocenters. The van der Waals surface area contributed by atoms with E-state index < -0.39 is 0 Å². The van der Waals surface area contributed by atoms with E-state index in [1.165, 1.54) is 22.9 Å². The van der Waals surface area contributed by atoms with Gasteiger partial charge in [0.25, 0.3) is 0 Å². The van der Waals surface area contributed by atoms with Crippen molar-refractivity contribution in [3.05, 3.63) is 59.7 Å². The van der Waals surface area contributed by atoms with Gasteiger partial charge in [0.05, 0.1) is 12.3 Å². The summed E-state index contributed by atoms with van der Waals surface area (Å²) in [6, 6.07) is 16.7. The molecule has 4 nitrogen and oxygen atoms in total. The normalized spacial score (nSPS) is 11.2. The van der Waals surface area contributed by atoms with E-state index in [0.29, 0.717) is 11.7 Å². The predicted molar refractivity (Wildman–Crippen MR) is 103 cm³/mol. The van der Waals surface area contributed by atoms with Crippen molar-refractivity contribution < 1.29 is 5.11 Å². The van der Waals surface area contributed by atoms with Gasteiger partial charge in [-0.1, -0.05) is 73.6 Å². The lowest BCUT2D eigenvalue weighted by Gasteiger charge is -2.17. The average Bonchev–Trinajstić information content (AvgIpc) is 3.04. The lowest BCUT2D eigenvalue weighted by molar-refractivity contribution is 0.322. The minimum Gasteiger partial charge on any atom is -0.396 e. The fourth-order valence-electron chi connectivity index (χ4n) is 2.79. The molecule has 1 aromatic heterocycles. The third kappa shape index (κ3) is 3.78. The van der Waals surface area contributed by atoms with Gasteiger partial charge in [-0.15, -0.1) is 10.2 Å². The molecule has 25 heavy (non-hydrogen) atoms. The van der Waals surface area contributed by atoms with Crippen LogP contribution in [0, 0.1) is 6.92 Å². The van der Waals surface area contributed by atoms with Gasteiger partial charge >= 0.3 is 0 Å². The Labute approximate surface area is 152 Å². The molecule has 0 aliphatic rings. The Kier molecular flexibility index (Phi) is 5.56. The Morgan fingerprint density at radius 2 is 1.76 bits per heavy atom. The molecule has 5 heteroatoms. The molecule has 0 aliphatic carbocycles. The van der Waals surface area contributed by atoms with E-state index in [-0.39, 0.29) is 6.61 Å². The quantitative estimate of drug-likeness (QED) is 0.665. The molecule has 0 spiro atoms. The highest BCUT2D eigenvalue weighted by molar-refractivity contribution is 7.99. The van der Waals surface area contributed by atoms with Gasteiger partial charge in [-0.25, -0.2) is 0 Å². The second-order valence-electron chi connectivity index (χ2n) is 6.29. The van der Waals surface area contributed by atoms with Crippen LogP contribution in [-0.2, 0) is 0 Å². The Morgan fingerprint density at radius 3 is 2.44 bits per heavy atom. The van der Waals surface area contributed by atoms with E-state index in [2.05, 4.69) is 78.0 Å². The molecule has 0 aliphatic heterocycles. The maximum Gasteiger partial charge on any atom is 0.196 e. The molecule has 1 heterocycles. The highest BCUT2D eigenvalue weighted by atomic mass is 32.2. The van der Waals surface area contributed by atoms with Crippen molar-refractivity contribution in [2.24, 2.45) is 0 Å². The van der Waals surface area contributed by atoms with Gasteiger partial charge < -0.3 is 5.11 Å². The summed E-state index contributed by atoms with van der Waals surface area (Å²) < 4.78 is 2.11. The number of hydrogen-bond acceptors (Lipinski definition) is 4. The number of aromatic nitrogens is 3. The van der Waals surface area contributed by atoms with Gasteiger partial charge in [0, 0.05) is 11.3 Å². The molecular formula is C20H23N3OS. The van der Waals surface area contributed by atoms with Crippen LogP contribution < -0.4 is 0 Å². The van der Waals surface area contributed by atoms with E-state index in [1.807, 2.05) is 6.07 Å². The van der Waals surface area contributed by atoms with Gasteiger partial charge in [0.2, 0.25) is 0 Å². The molecule has 0 amide bonds. The molecule has 3 aromatic rings. The van der Waals surface area contributed by atoms with E-state index >= 15 is 0 Å². The van der Waals surface area contributed by atoms with Crippen molar-refractivity contribution in [2.45, 2.75) is 31.8 Å². The molecule has 0 atom stereocenters. The van der Waals surface area contributed by atoms with Crippen LogP contribution in [0.25, 0.3) is 17.1 Å². The first-order chi connectivity index (χ1) is 12.1. The number of benzene rings is 2. The fourth-order valence-corrected chi connectivity index (χ4v) is 3.47. The molecule has 0 fully saturated rings. The van der Waals surface area contributed by atoms with E-state index in [1.54, 1.807) is 0 Å². The van der Waals surface area contributed by atoms with Crippen molar-refractivity contribution in [2.75, 3.05) is 12.4 Å². The molecule has 130 valence electrons. The Balaban J connectivity index is 2.19. The first-order valence-electron chi connectivity index (χ1n) is 8.47. The van der Waals surface area contributed by atoms with Crippen LogP contribution in [0.2, 0.25) is 0 Å². The molecule has 0 radical (unpaired) electrons. The second kappa shape index (κ2) is 7.85. The third-order valence-electron chi connectivity index (χ3n) is 4.07. The Morgan fingerprint density at radius 1 is 1.04 bits per heavy atom. The fraction of sp³-hybridized carbons (Fsp3) is 0.300. The molecule has 0 saturated heterocycles. The number of para-hydroxylation sites is 1. The minimum atomic E-state index is 0.114. The molecule has 2 aromatic carbocycles. The zero-order chi connectivity index (χ0) is 17.8. The van der Waals surface area contributed by atoms with Crippen molar-refractivity contribution in [3.8, 4) is 17.1 Å². The first kappa shape index (κ1) is 17.7. The minimum absolute atomic E-state index is 0.114. The van der Waals surface area contributed by atoms with Gasteiger partial charge in [0.1, 0.15) is 0 Å². The van der Waals surface area contributed by atoms with E-state index in [0.717, 1.165) is 22.2 Å². The molecular weight excluding hydrogens is 330 g/mol. The Bertz CT molecular complexity index is 840. The summed E-state index contributed by atoms with van der Waals surface area (Å²) >= 11 is 1.52. The van der Waals surface area contributed by atoms with Gasteiger partial charge in [-0.05, 0) is 24.5 Å². The smallest absolute Gasteiger partial charge is 0.196 e. The van der Waals surface area contributed by atoms with E-state index in [9.17, 15) is 5.11 Å². The number of nitrogens with zero attached hydrogens (tertiary/aromatic N) is 3. The summed E-state index contributed by atoms with van der Waals surface area (Å²) in [5.41, 5.74) is 4.60. The number of hydrogen-bond donors (Lipinski definition) is 1. The topological polar surface area (TPSA) is 50.9 Å². The van der Waals surface area contributed by atoms with Crippen LogP contribution in [0.5, 0.6) is 0 Å². The maximum absolute atomic E-state index is 9.21. The standard InChI is InChI=1S/C20H23N3OS/c1-14(2)17-6-4-5-7-18(17)23-19(16-10-8-15(3)9-11-16)21-22-20(23)25-13-12-24/h4-11,14,24H,12-13H2,1-3H3. The number of aryl methyl sites for hydroxylation is 1. The zero-order valence-electron chi connectivity index (χ0n) is 14.8. The van der Waals surface area contributed by atoms with Crippen molar-refractivity contribution in [1.82, 2.24) is 14.8 Å². The number of thioether (sulfide) groups is 1. The van der Waals surface area contributed by atoms with Gasteiger partial charge in [-0.2, -0.15) is 0 Å². The molecule has 0 bridgehead atoms. The molecule has 3 rings (SSSR count). The van der Waals surface area contributed by atoms with Crippen LogP contribution in [-0.4, -0.2) is 32.2 Å². The predicted octanol–water partition coefficient (Wildman–Crippen LogP) is 4.45. The highest BCUT2D eigenvalue weighted by Gasteiger charge is 2.19. The van der Waals surface area contributed by atoms with E-state index in [4.69, 9.17) is 0 Å². The van der Waals surface area contributed by atoms with Gasteiger partial charge in [-0.3, -0.25) is 4.57 Å². The number of rotatable bonds is 6. The summed E-state index contributed by atoms with van der Waals surface area (Å²) in [6.45, 7) is 6.57. The van der Waals surface area contributed by atoms with Crippen LogP contribution in [0.4, 0.5) is 0 Å². The largest absolute Gasteiger partial charge is 0.396 e. The first-order valence-corrected chi connectivity index (χ1v) is 9.45. The number of aliphatic hydroxyl groups is 1. The summed E-state index contributed by atoms with van der Waals surface area (Å²) in [4.78, 5) is 0.